The van der Waals surface area contributed by atoms with Gasteiger partial charge in [-0.1, -0.05) is 23.5 Å². The van der Waals surface area contributed by atoms with Gasteiger partial charge in [-0.05, 0) is 74.8 Å². The van der Waals surface area contributed by atoms with Gasteiger partial charge in [-0.25, -0.2) is 0 Å². The van der Waals surface area contributed by atoms with Gasteiger partial charge in [0.2, 0.25) is 35.7 Å². The topological polar surface area (TPSA) is 197 Å². The Morgan fingerprint density at radius 2 is 0.778 bits per heavy atom. The van der Waals surface area contributed by atoms with Crippen LogP contribution in [0.25, 0.3) is 0 Å². The first-order valence-corrected chi connectivity index (χ1v) is 17.3. The zero-order chi connectivity index (χ0) is 33.8. The minimum atomic E-state index is 0.270. The molecule has 0 aliphatic heterocycles. The maximum absolute atomic E-state index is 4.98. The van der Waals surface area contributed by atoms with E-state index in [4.69, 9.17) is 4.74 Å². The zero-order valence-corrected chi connectivity index (χ0v) is 30.2. The standard InChI is InChI=1S/C10H19N5S.C9H17N5O.C8H15N5S/c1-6(2)11-8-13-9(12-7(3)4)15-10(14-8)16-5;1-5-10-7-12-8(11-6(2)3)14-9(13-7)15-4;1-4-9-6-11-7(10-5-2)13-8(12-6)14-3/h6-7H,1-5H3,(H2,11,12,13,14,15);6H,5H2,1-4H3,(H2,10,11,12,13,14);4-5H2,1-3H3,(H2,9,10,11,12,13). The van der Waals surface area contributed by atoms with Crippen molar-refractivity contribution in [1.82, 2.24) is 44.9 Å². The Bertz CT molecular complexity index is 1200. The molecule has 0 aliphatic rings. The summed E-state index contributed by atoms with van der Waals surface area (Å²) in [5.74, 6) is 3.54. The first-order valence-electron chi connectivity index (χ1n) is 14.9. The smallest absolute Gasteiger partial charge is 0.322 e. The minimum absolute atomic E-state index is 0.270. The number of rotatable bonds is 15. The van der Waals surface area contributed by atoms with Crippen LogP contribution >= 0.6 is 23.5 Å². The van der Waals surface area contributed by atoms with Gasteiger partial charge in [0.15, 0.2) is 10.3 Å². The van der Waals surface area contributed by atoms with E-state index in [0.29, 0.717) is 53.8 Å². The predicted octanol–water partition coefficient (Wildman–Crippen LogP) is 4.82. The maximum Gasteiger partial charge on any atom is 0.322 e. The van der Waals surface area contributed by atoms with Crippen molar-refractivity contribution in [1.29, 1.82) is 0 Å². The molecule has 0 saturated carbocycles. The first-order chi connectivity index (χ1) is 21.5. The molecule has 0 aliphatic carbocycles. The van der Waals surface area contributed by atoms with Gasteiger partial charge >= 0.3 is 6.01 Å². The molecule has 0 bridgehead atoms. The number of anilines is 6. The van der Waals surface area contributed by atoms with Crippen molar-refractivity contribution in [2.75, 3.05) is 71.2 Å². The fraction of sp³-hybridized carbons (Fsp3) is 0.667. The third kappa shape index (κ3) is 16.8. The average Bonchev–Trinajstić information content (AvgIpc) is 2.97. The fourth-order valence-electron chi connectivity index (χ4n) is 3.02. The summed E-state index contributed by atoms with van der Waals surface area (Å²) >= 11 is 3.02. The Morgan fingerprint density at radius 1 is 0.489 bits per heavy atom. The summed E-state index contributed by atoms with van der Waals surface area (Å²) < 4.78 is 4.98. The van der Waals surface area contributed by atoms with Crippen molar-refractivity contribution in [2.45, 2.75) is 90.8 Å². The van der Waals surface area contributed by atoms with Crippen LogP contribution in [0, 0.1) is 0 Å². The molecule has 3 aromatic rings. The molecule has 3 heterocycles. The lowest BCUT2D eigenvalue weighted by molar-refractivity contribution is 0.379. The van der Waals surface area contributed by atoms with Gasteiger partial charge in [-0.3, -0.25) is 0 Å². The Morgan fingerprint density at radius 3 is 1.11 bits per heavy atom. The van der Waals surface area contributed by atoms with Crippen LogP contribution < -0.4 is 36.6 Å². The number of hydrogen-bond acceptors (Lipinski definition) is 18. The molecule has 0 amide bonds. The summed E-state index contributed by atoms with van der Waals surface area (Å²) in [6.45, 7) is 20.6. The SMILES string of the molecule is CCNc1nc(NC(C)C)nc(OC)n1.CCNc1nc(NCC)nc(SC)n1.CSc1nc(NC(C)C)nc(NC(C)C)n1. The zero-order valence-electron chi connectivity index (χ0n) is 28.6. The minimum Gasteiger partial charge on any atom is -0.467 e. The molecule has 45 heavy (non-hydrogen) atoms. The molecular formula is C27H51N15OS2. The molecule has 0 radical (unpaired) electrons. The van der Waals surface area contributed by atoms with Crippen LogP contribution in [0.5, 0.6) is 6.01 Å². The predicted molar refractivity (Wildman–Crippen MR) is 188 cm³/mol. The Hall–Kier alpha value is -3.67. The van der Waals surface area contributed by atoms with E-state index in [-0.39, 0.29) is 6.04 Å². The lowest BCUT2D eigenvalue weighted by Crippen LogP contribution is -2.17. The lowest BCUT2D eigenvalue weighted by atomic mass is 10.4. The third-order valence-corrected chi connectivity index (χ3v) is 5.75. The molecule has 0 fully saturated rings. The number of hydrogen-bond donors (Lipinski definition) is 6. The van der Waals surface area contributed by atoms with Gasteiger partial charge in [0.25, 0.3) is 0 Å². The molecule has 0 unspecified atom stereocenters. The van der Waals surface area contributed by atoms with Crippen LogP contribution in [0.4, 0.5) is 35.7 Å². The van der Waals surface area contributed by atoms with Crippen molar-refractivity contribution >= 4 is 59.2 Å². The van der Waals surface area contributed by atoms with Gasteiger partial charge in [-0.2, -0.15) is 44.9 Å². The maximum atomic E-state index is 4.98. The summed E-state index contributed by atoms with van der Waals surface area (Å²) in [4.78, 5) is 37.8. The van der Waals surface area contributed by atoms with E-state index in [2.05, 4.69) is 104 Å². The molecule has 3 rings (SSSR count). The lowest BCUT2D eigenvalue weighted by Gasteiger charge is -2.12. The number of ether oxygens (including phenoxy) is 1. The monoisotopic (exact) mass is 665 g/mol. The molecular weight excluding hydrogens is 615 g/mol. The van der Waals surface area contributed by atoms with Crippen molar-refractivity contribution in [2.24, 2.45) is 0 Å². The number of nitrogens with zero attached hydrogens (tertiary/aromatic N) is 9. The molecule has 0 aromatic carbocycles. The van der Waals surface area contributed by atoms with Gasteiger partial charge in [-0.15, -0.1) is 0 Å². The highest BCUT2D eigenvalue weighted by molar-refractivity contribution is 7.98. The first kappa shape index (κ1) is 39.4. The van der Waals surface area contributed by atoms with Crippen molar-refractivity contribution < 1.29 is 4.74 Å². The van der Waals surface area contributed by atoms with E-state index in [0.717, 1.165) is 29.9 Å². The second kappa shape index (κ2) is 21.9. The fourth-order valence-corrected chi connectivity index (χ4v) is 3.73. The van der Waals surface area contributed by atoms with Gasteiger partial charge < -0.3 is 36.6 Å². The van der Waals surface area contributed by atoms with E-state index < -0.39 is 0 Å². The van der Waals surface area contributed by atoms with Gasteiger partial charge in [0.1, 0.15) is 0 Å². The molecule has 0 saturated heterocycles. The molecule has 18 heteroatoms. The van der Waals surface area contributed by atoms with Crippen molar-refractivity contribution in [3.8, 4) is 6.01 Å². The largest absolute Gasteiger partial charge is 0.467 e. The van der Waals surface area contributed by atoms with Crippen LogP contribution in [-0.4, -0.2) is 102 Å². The van der Waals surface area contributed by atoms with Crippen LogP contribution in [0.1, 0.15) is 62.3 Å². The molecule has 3 aromatic heterocycles. The summed E-state index contributed by atoms with van der Waals surface area (Å²) in [5.41, 5.74) is 0. The van der Waals surface area contributed by atoms with Crippen molar-refractivity contribution in [3.63, 3.8) is 0 Å². The number of aromatic nitrogens is 9. The molecule has 252 valence electrons. The van der Waals surface area contributed by atoms with E-state index in [9.17, 15) is 0 Å². The summed E-state index contributed by atoms with van der Waals surface area (Å²) in [7, 11) is 1.53. The highest BCUT2D eigenvalue weighted by Gasteiger charge is 2.08. The highest BCUT2D eigenvalue weighted by Crippen LogP contribution is 2.15. The van der Waals surface area contributed by atoms with E-state index in [1.165, 1.54) is 30.6 Å². The van der Waals surface area contributed by atoms with Crippen molar-refractivity contribution in [3.05, 3.63) is 0 Å². The molecule has 6 N–H and O–H groups in total. The third-order valence-electron chi connectivity index (χ3n) is 4.65. The Labute approximate surface area is 276 Å². The highest BCUT2D eigenvalue weighted by atomic mass is 32.2. The molecule has 0 spiro atoms. The van der Waals surface area contributed by atoms with E-state index >= 15 is 0 Å². The summed E-state index contributed by atoms with van der Waals surface area (Å²) in [6, 6.07) is 1.20. The molecule has 16 nitrogen and oxygen atoms in total. The summed E-state index contributed by atoms with van der Waals surface area (Å²) in [6.07, 6.45) is 3.90. The Balaban J connectivity index is 0.000000338. The van der Waals surface area contributed by atoms with E-state index in [1.54, 1.807) is 0 Å². The van der Waals surface area contributed by atoms with Crippen LogP contribution in [-0.2, 0) is 0 Å². The summed E-state index contributed by atoms with van der Waals surface area (Å²) in [5, 5.41) is 20.0. The van der Waals surface area contributed by atoms with Gasteiger partial charge in [0.05, 0.1) is 7.11 Å². The number of methoxy groups -OCH3 is 1. The molecule has 0 atom stereocenters. The number of thioether (sulfide) groups is 2. The van der Waals surface area contributed by atoms with E-state index in [1.807, 2.05) is 47.1 Å². The van der Waals surface area contributed by atoms with Crippen LogP contribution in [0.3, 0.4) is 0 Å². The van der Waals surface area contributed by atoms with Crippen LogP contribution in [0.15, 0.2) is 10.3 Å². The quantitative estimate of drug-likeness (QED) is 0.121. The average molecular weight is 666 g/mol. The van der Waals surface area contributed by atoms with Crippen LogP contribution in [0.2, 0.25) is 0 Å². The van der Waals surface area contributed by atoms with Gasteiger partial charge in [0, 0.05) is 37.8 Å². The number of nitrogens with one attached hydrogen (secondary N) is 6. The normalized spacial score (nSPS) is 10.4. The second-order valence-corrected chi connectivity index (χ2v) is 11.4. The Kier molecular flexibility index (Phi) is 19.2. The second-order valence-electron chi connectivity index (χ2n) is 9.90.